The van der Waals surface area contributed by atoms with Crippen molar-refractivity contribution in [2.24, 2.45) is 5.92 Å². The molecule has 2 aliphatic rings. The van der Waals surface area contributed by atoms with Crippen LogP contribution >= 0.6 is 0 Å². The minimum atomic E-state index is 0.0694. The second kappa shape index (κ2) is 4.14. The molecule has 2 aliphatic heterocycles. The van der Waals surface area contributed by atoms with Crippen LogP contribution in [-0.4, -0.2) is 41.6 Å². The second-order valence-electron chi connectivity index (χ2n) is 4.90. The third kappa shape index (κ3) is 1.74. The predicted octanol–water partition coefficient (Wildman–Crippen LogP) is 0.807. The number of fused-ring (bicyclic) bond motifs is 1. The molecular weight excluding hydrogens is 218 g/mol. The molecule has 3 heterocycles. The number of aromatic nitrogens is 1. The van der Waals surface area contributed by atoms with E-state index in [9.17, 15) is 4.79 Å². The number of carbonyl (C=O) groups excluding carboxylic acids is 1. The van der Waals surface area contributed by atoms with Crippen molar-refractivity contribution in [3.63, 3.8) is 0 Å². The van der Waals surface area contributed by atoms with Crippen LogP contribution in [0.2, 0.25) is 0 Å². The summed E-state index contributed by atoms with van der Waals surface area (Å²) in [6.07, 6.45) is 3.83. The largest absolute Gasteiger partial charge is 0.361 e. The fraction of sp³-hybridized carbons (Fsp3) is 0.667. The molecule has 5 nitrogen and oxygen atoms in total. The Morgan fingerprint density at radius 1 is 1.59 bits per heavy atom. The zero-order valence-electron chi connectivity index (χ0n) is 9.98. The summed E-state index contributed by atoms with van der Waals surface area (Å²) in [4.78, 5) is 14.4. The number of amides is 1. The van der Waals surface area contributed by atoms with Crippen LogP contribution in [-0.2, 0) is 0 Å². The summed E-state index contributed by atoms with van der Waals surface area (Å²) in [6, 6.07) is 0.352. The molecule has 2 atom stereocenters. The topological polar surface area (TPSA) is 58.4 Å². The number of likely N-dealkylation sites (tertiary alicyclic amines) is 1. The van der Waals surface area contributed by atoms with Crippen molar-refractivity contribution in [3.05, 3.63) is 17.5 Å². The van der Waals surface area contributed by atoms with Gasteiger partial charge in [-0.25, -0.2) is 0 Å². The molecule has 1 amide bonds. The van der Waals surface area contributed by atoms with Gasteiger partial charge in [0, 0.05) is 19.1 Å². The van der Waals surface area contributed by atoms with E-state index in [4.69, 9.17) is 4.52 Å². The van der Waals surface area contributed by atoms with E-state index >= 15 is 0 Å². The van der Waals surface area contributed by atoms with Gasteiger partial charge in [0.25, 0.3) is 5.91 Å². The fourth-order valence-electron chi connectivity index (χ4n) is 2.98. The molecule has 0 aliphatic carbocycles. The van der Waals surface area contributed by atoms with Crippen molar-refractivity contribution in [3.8, 4) is 0 Å². The monoisotopic (exact) mass is 235 g/mol. The van der Waals surface area contributed by atoms with Crippen LogP contribution in [0.25, 0.3) is 0 Å². The Balaban J connectivity index is 1.81. The first-order chi connectivity index (χ1) is 8.27. The van der Waals surface area contributed by atoms with E-state index in [0.717, 1.165) is 26.1 Å². The van der Waals surface area contributed by atoms with Crippen molar-refractivity contribution >= 4 is 5.91 Å². The van der Waals surface area contributed by atoms with Crippen LogP contribution in [0.1, 0.15) is 29.0 Å². The second-order valence-corrected chi connectivity index (χ2v) is 4.90. The third-order valence-electron chi connectivity index (χ3n) is 3.97. The van der Waals surface area contributed by atoms with E-state index in [1.165, 1.54) is 12.6 Å². The molecule has 0 bridgehead atoms. The van der Waals surface area contributed by atoms with Gasteiger partial charge in [-0.3, -0.25) is 4.79 Å². The van der Waals surface area contributed by atoms with E-state index in [2.05, 4.69) is 10.5 Å². The molecule has 1 aromatic heterocycles. The summed E-state index contributed by atoms with van der Waals surface area (Å²) in [7, 11) is 0. The summed E-state index contributed by atoms with van der Waals surface area (Å²) >= 11 is 0. The van der Waals surface area contributed by atoms with Crippen LogP contribution in [0, 0.1) is 12.8 Å². The zero-order chi connectivity index (χ0) is 11.8. The van der Waals surface area contributed by atoms with Crippen molar-refractivity contribution in [1.29, 1.82) is 0 Å². The molecule has 5 heteroatoms. The molecule has 0 saturated carbocycles. The van der Waals surface area contributed by atoms with Crippen LogP contribution < -0.4 is 5.32 Å². The van der Waals surface area contributed by atoms with Gasteiger partial charge < -0.3 is 14.7 Å². The van der Waals surface area contributed by atoms with Crippen LogP contribution in [0.4, 0.5) is 0 Å². The van der Waals surface area contributed by atoms with Gasteiger partial charge in [0.1, 0.15) is 11.3 Å². The summed E-state index contributed by atoms with van der Waals surface area (Å²) in [5.74, 6) is 1.35. The molecule has 17 heavy (non-hydrogen) atoms. The standard InChI is InChI=1S/C12H17N3O2/c1-8-10(6-14-17-8)12(16)15-5-3-9-2-4-13-7-11(9)15/h6,9,11,13H,2-5,7H2,1H3. The van der Waals surface area contributed by atoms with Crippen molar-refractivity contribution in [2.45, 2.75) is 25.8 Å². The Kier molecular flexibility index (Phi) is 2.63. The molecule has 0 aromatic carbocycles. The molecule has 2 unspecified atom stereocenters. The maximum atomic E-state index is 12.4. The molecular formula is C12H17N3O2. The molecule has 1 aromatic rings. The molecule has 1 N–H and O–H groups in total. The zero-order valence-corrected chi connectivity index (χ0v) is 9.98. The first kappa shape index (κ1) is 10.8. The maximum Gasteiger partial charge on any atom is 0.259 e. The Bertz CT molecular complexity index is 429. The first-order valence-corrected chi connectivity index (χ1v) is 6.20. The molecule has 0 radical (unpaired) electrons. The highest BCUT2D eigenvalue weighted by atomic mass is 16.5. The Labute approximate surface area is 100 Å². The van der Waals surface area contributed by atoms with E-state index < -0.39 is 0 Å². The molecule has 0 spiro atoms. The molecule has 2 fully saturated rings. The van der Waals surface area contributed by atoms with Gasteiger partial charge in [-0.05, 0) is 32.2 Å². The number of nitrogens with one attached hydrogen (secondary N) is 1. The summed E-state index contributed by atoms with van der Waals surface area (Å²) in [6.45, 7) is 4.64. The number of piperidine rings is 1. The summed E-state index contributed by atoms with van der Waals surface area (Å²) in [5.41, 5.74) is 0.608. The van der Waals surface area contributed by atoms with Crippen molar-refractivity contribution in [1.82, 2.24) is 15.4 Å². The van der Waals surface area contributed by atoms with Crippen molar-refractivity contribution < 1.29 is 9.32 Å². The number of nitrogens with zero attached hydrogens (tertiary/aromatic N) is 2. The smallest absolute Gasteiger partial charge is 0.259 e. The Morgan fingerprint density at radius 3 is 3.24 bits per heavy atom. The van der Waals surface area contributed by atoms with Crippen LogP contribution in [0.15, 0.2) is 10.7 Å². The lowest BCUT2D eigenvalue weighted by molar-refractivity contribution is 0.0701. The summed E-state index contributed by atoms with van der Waals surface area (Å²) < 4.78 is 4.97. The van der Waals surface area contributed by atoms with Crippen LogP contribution in [0.5, 0.6) is 0 Å². The lowest BCUT2D eigenvalue weighted by Gasteiger charge is -2.32. The number of hydrogen-bond donors (Lipinski definition) is 1. The van der Waals surface area contributed by atoms with Gasteiger partial charge in [0.2, 0.25) is 0 Å². The highest BCUT2D eigenvalue weighted by Gasteiger charge is 2.39. The highest BCUT2D eigenvalue weighted by molar-refractivity contribution is 5.95. The molecule has 2 saturated heterocycles. The Hall–Kier alpha value is -1.36. The van der Waals surface area contributed by atoms with Gasteiger partial charge in [-0.15, -0.1) is 0 Å². The van der Waals surface area contributed by atoms with E-state index in [1.54, 1.807) is 6.92 Å². The third-order valence-corrected chi connectivity index (χ3v) is 3.97. The quantitative estimate of drug-likeness (QED) is 0.782. The normalized spacial score (nSPS) is 28.2. The van der Waals surface area contributed by atoms with E-state index in [-0.39, 0.29) is 5.91 Å². The average molecular weight is 235 g/mol. The van der Waals surface area contributed by atoms with Gasteiger partial charge in [0.05, 0.1) is 6.20 Å². The SMILES string of the molecule is Cc1oncc1C(=O)N1CCC2CCNCC21. The molecule has 92 valence electrons. The lowest BCUT2D eigenvalue weighted by atomic mass is 9.93. The fourth-order valence-corrected chi connectivity index (χ4v) is 2.98. The number of rotatable bonds is 1. The lowest BCUT2D eigenvalue weighted by Crippen LogP contribution is -2.48. The average Bonchev–Trinajstić information content (AvgIpc) is 2.94. The highest BCUT2D eigenvalue weighted by Crippen LogP contribution is 2.30. The van der Waals surface area contributed by atoms with Gasteiger partial charge in [-0.1, -0.05) is 5.16 Å². The minimum absolute atomic E-state index is 0.0694. The number of carbonyl (C=O) groups is 1. The van der Waals surface area contributed by atoms with Crippen LogP contribution in [0.3, 0.4) is 0 Å². The summed E-state index contributed by atoms with van der Waals surface area (Å²) in [5, 5.41) is 7.05. The van der Waals surface area contributed by atoms with Crippen molar-refractivity contribution in [2.75, 3.05) is 19.6 Å². The minimum Gasteiger partial charge on any atom is -0.361 e. The maximum absolute atomic E-state index is 12.4. The van der Waals surface area contributed by atoms with Gasteiger partial charge in [0.15, 0.2) is 0 Å². The Morgan fingerprint density at radius 2 is 2.47 bits per heavy atom. The molecule has 3 rings (SSSR count). The van der Waals surface area contributed by atoms with Gasteiger partial charge >= 0.3 is 0 Å². The number of hydrogen-bond acceptors (Lipinski definition) is 4. The first-order valence-electron chi connectivity index (χ1n) is 6.20. The number of aryl methyl sites for hydroxylation is 1. The van der Waals surface area contributed by atoms with E-state index in [1.807, 2.05) is 4.90 Å². The van der Waals surface area contributed by atoms with Gasteiger partial charge in [-0.2, -0.15) is 0 Å². The predicted molar refractivity (Wildman–Crippen MR) is 61.7 cm³/mol. The van der Waals surface area contributed by atoms with E-state index in [0.29, 0.717) is 23.3 Å².